The molecular weight excluding hydrogens is 459 g/mol. The number of rotatable bonds is 6. The summed E-state index contributed by atoms with van der Waals surface area (Å²) in [5.41, 5.74) is 1.04. The van der Waals surface area contributed by atoms with Crippen LogP contribution in [0.3, 0.4) is 0 Å². The second kappa shape index (κ2) is 9.65. The normalized spacial score (nSPS) is 17.4. The number of carbonyl (C=O) groups is 2. The summed E-state index contributed by atoms with van der Waals surface area (Å²) >= 11 is 5.94. The maximum absolute atomic E-state index is 13.8. The molecule has 2 aromatic carbocycles. The highest BCUT2D eigenvalue weighted by Gasteiger charge is 2.47. The number of benzene rings is 2. The molecule has 1 amide bonds. The first kappa shape index (κ1) is 23.4. The van der Waals surface area contributed by atoms with Crippen molar-refractivity contribution in [3.63, 3.8) is 0 Å². The fourth-order valence-corrected chi connectivity index (χ4v) is 3.90. The van der Waals surface area contributed by atoms with Crippen LogP contribution in [0, 0.1) is 11.7 Å². The van der Waals surface area contributed by atoms with E-state index in [1.807, 2.05) is 13.8 Å². The van der Waals surface area contributed by atoms with Crippen LogP contribution in [0.1, 0.15) is 31.0 Å². The molecule has 6 nitrogen and oxygen atoms in total. The molecular formula is C26H22ClFN2O4. The van der Waals surface area contributed by atoms with Crippen molar-refractivity contribution in [1.82, 2.24) is 4.98 Å². The zero-order valence-corrected chi connectivity index (χ0v) is 19.3. The van der Waals surface area contributed by atoms with Crippen molar-refractivity contribution in [2.45, 2.75) is 19.9 Å². The summed E-state index contributed by atoms with van der Waals surface area (Å²) in [5.74, 6) is -1.72. The summed E-state index contributed by atoms with van der Waals surface area (Å²) < 4.78 is 19.4. The molecule has 1 N–H and O–H groups in total. The van der Waals surface area contributed by atoms with E-state index in [4.69, 9.17) is 16.3 Å². The Kier molecular flexibility index (Phi) is 6.65. The van der Waals surface area contributed by atoms with Crippen molar-refractivity contribution >= 4 is 34.7 Å². The van der Waals surface area contributed by atoms with Crippen molar-refractivity contribution in [3.05, 3.63) is 94.5 Å². The predicted octanol–water partition coefficient (Wildman–Crippen LogP) is 5.54. The summed E-state index contributed by atoms with van der Waals surface area (Å²) in [4.78, 5) is 31.4. The zero-order chi connectivity index (χ0) is 24.4. The SMILES string of the molecule is CC(C)COc1ccc(/C(O)=C2\C(=O)C(=O)N(c3ccc(F)c(Cl)c3)C2c2ccncc2)cc1. The molecule has 1 aromatic heterocycles. The molecule has 1 atom stereocenters. The second-order valence-electron chi connectivity index (χ2n) is 8.28. The monoisotopic (exact) mass is 480 g/mol. The molecule has 0 saturated carbocycles. The number of aromatic nitrogens is 1. The number of pyridine rings is 1. The van der Waals surface area contributed by atoms with Gasteiger partial charge in [0.25, 0.3) is 11.7 Å². The number of hydrogen-bond acceptors (Lipinski definition) is 5. The minimum absolute atomic E-state index is 0.0903. The Morgan fingerprint density at radius 1 is 1.12 bits per heavy atom. The van der Waals surface area contributed by atoms with E-state index in [0.29, 0.717) is 29.4 Å². The number of halogens is 2. The van der Waals surface area contributed by atoms with Gasteiger partial charge in [-0.25, -0.2) is 4.39 Å². The molecule has 1 saturated heterocycles. The molecule has 8 heteroatoms. The summed E-state index contributed by atoms with van der Waals surface area (Å²) in [5, 5.41) is 11.0. The maximum Gasteiger partial charge on any atom is 0.300 e. The highest BCUT2D eigenvalue weighted by atomic mass is 35.5. The topological polar surface area (TPSA) is 79.7 Å². The van der Waals surface area contributed by atoms with Gasteiger partial charge < -0.3 is 9.84 Å². The third kappa shape index (κ3) is 4.52. The maximum atomic E-state index is 13.8. The van der Waals surface area contributed by atoms with Crippen LogP contribution in [-0.2, 0) is 9.59 Å². The number of hydrogen-bond donors (Lipinski definition) is 1. The van der Waals surface area contributed by atoms with E-state index in [1.54, 1.807) is 36.4 Å². The Bertz CT molecular complexity index is 1260. The van der Waals surface area contributed by atoms with E-state index in [0.717, 1.165) is 6.07 Å². The lowest BCUT2D eigenvalue weighted by Crippen LogP contribution is -2.29. The van der Waals surface area contributed by atoms with E-state index in [1.165, 1.54) is 29.4 Å². The van der Waals surface area contributed by atoms with Gasteiger partial charge in [0.2, 0.25) is 0 Å². The standard InChI is InChI=1S/C26H22ClFN2O4/c1-15(2)14-34-19-6-3-17(4-7-19)24(31)22-23(16-9-11-29-12-10-16)30(26(33)25(22)32)18-5-8-21(28)20(27)13-18/h3-13,15,23,31H,14H2,1-2H3/b24-22+. The first-order chi connectivity index (χ1) is 16.3. The first-order valence-corrected chi connectivity index (χ1v) is 11.0. The molecule has 34 heavy (non-hydrogen) atoms. The Balaban J connectivity index is 1.81. The smallest absolute Gasteiger partial charge is 0.300 e. The Hall–Kier alpha value is -3.71. The van der Waals surface area contributed by atoms with Crippen LogP contribution in [-0.4, -0.2) is 28.4 Å². The van der Waals surface area contributed by atoms with Gasteiger partial charge in [-0.2, -0.15) is 0 Å². The van der Waals surface area contributed by atoms with Crippen LogP contribution in [0.15, 0.2) is 72.6 Å². The van der Waals surface area contributed by atoms with E-state index in [2.05, 4.69) is 4.98 Å². The van der Waals surface area contributed by atoms with Crippen LogP contribution in [0.5, 0.6) is 5.75 Å². The third-order valence-electron chi connectivity index (χ3n) is 5.36. The van der Waals surface area contributed by atoms with E-state index in [-0.39, 0.29) is 22.0 Å². The number of carbonyl (C=O) groups excluding carboxylic acids is 2. The molecule has 2 heterocycles. The van der Waals surface area contributed by atoms with Crippen LogP contribution in [0.25, 0.3) is 5.76 Å². The average Bonchev–Trinajstić information content (AvgIpc) is 3.10. The molecule has 0 bridgehead atoms. The van der Waals surface area contributed by atoms with Crippen LogP contribution < -0.4 is 9.64 Å². The molecule has 1 aliphatic rings. The summed E-state index contributed by atoms with van der Waals surface area (Å²) in [6.07, 6.45) is 3.04. The third-order valence-corrected chi connectivity index (χ3v) is 5.65. The van der Waals surface area contributed by atoms with Crippen LogP contribution in [0.2, 0.25) is 5.02 Å². The molecule has 1 fully saturated rings. The van der Waals surface area contributed by atoms with E-state index < -0.39 is 23.5 Å². The van der Waals surface area contributed by atoms with Gasteiger partial charge in [-0.15, -0.1) is 0 Å². The molecule has 3 aromatic rings. The van der Waals surface area contributed by atoms with Gasteiger partial charge in [0.1, 0.15) is 17.3 Å². The Labute approximate surface area is 201 Å². The van der Waals surface area contributed by atoms with Crippen molar-refractivity contribution < 1.29 is 23.8 Å². The number of aliphatic hydroxyl groups is 1. The molecule has 174 valence electrons. The molecule has 0 aliphatic carbocycles. The van der Waals surface area contributed by atoms with Crippen LogP contribution in [0.4, 0.5) is 10.1 Å². The van der Waals surface area contributed by atoms with Gasteiger partial charge in [-0.05, 0) is 66.1 Å². The van der Waals surface area contributed by atoms with Gasteiger partial charge in [-0.1, -0.05) is 25.4 Å². The lowest BCUT2D eigenvalue weighted by molar-refractivity contribution is -0.132. The summed E-state index contributed by atoms with van der Waals surface area (Å²) in [6, 6.07) is 12.7. The molecule has 1 aliphatic heterocycles. The minimum atomic E-state index is -0.957. The fourth-order valence-electron chi connectivity index (χ4n) is 3.72. The van der Waals surface area contributed by atoms with Gasteiger partial charge in [-0.3, -0.25) is 19.5 Å². The number of amides is 1. The van der Waals surface area contributed by atoms with Gasteiger partial charge in [0.15, 0.2) is 0 Å². The van der Waals surface area contributed by atoms with Crippen molar-refractivity contribution in [1.29, 1.82) is 0 Å². The Morgan fingerprint density at radius 2 is 1.79 bits per heavy atom. The molecule has 4 rings (SSSR count). The van der Waals surface area contributed by atoms with Crippen LogP contribution >= 0.6 is 11.6 Å². The number of Topliss-reactive ketones (excluding diaryl/α,β-unsaturated/α-hetero) is 1. The number of aliphatic hydroxyl groups excluding tert-OH is 1. The van der Waals surface area contributed by atoms with Gasteiger partial charge in [0.05, 0.1) is 23.2 Å². The second-order valence-corrected chi connectivity index (χ2v) is 8.68. The lowest BCUT2D eigenvalue weighted by Gasteiger charge is -2.25. The quantitative estimate of drug-likeness (QED) is 0.285. The minimum Gasteiger partial charge on any atom is -0.507 e. The lowest BCUT2D eigenvalue weighted by atomic mass is 9.95. The molecule has 0 spiro atoms. The highest BCUT2D eigenvalue weighted by Crippen LogP contribution is 2.42. The summed E-state index contributed by atoms with van der Waals surface area (Å²) in [6.45, 7) is 4.61. The zero-order valence-electron chi connectivity index (χ0n) is 18.5. The first-order valence-electron chi connectivity index (χ1n) is 10.7. The molecule has 1 unspecified atom stereocenters. The number of ketones is 1. The largest absolute Gasteiger partial charge is 0.507 e. The fraction of sp³-hybridized carbons (Fsp3) is 0.192. The highest BCUT2D eigenvalue weighted by molar-refractivity contribution is 6.51. The van der Waals surface area contributed by atoms with Gasteiger partial charge >= 0.3 is 0 Å². The van der Waals surface area contributed by atoms with E-state index in [9.17, 15) is 19.1 Å². The predicted molar refractivity (Wildman–Crippen MR) is 127 cm³/mol. The summed E-state index contributed by atoms with van der Waals surface area (Å²) in [7, 11) is 0. The Morgan fingerprint density at radius 3 is 2.41 bits per heavy atom. The number of ether oxygens (including phenoxy) is 1. The van der Waals surface area contributed by atoms with E-state index >= 15 is 0 Å². The van der Waals surface area contributed by atoms with Crippen molar-refractivity contribution in [2.24, 2.45) is 5.92 Å². The van der Waals surface area contributed by atoms with Crippen molar-refractivity contribution in [2.75, 3.05) is 11.5 Å². The number of nitrogens with zero attached hydrogens (tertiary/aromatic N) is 2. The molecule has 0 radical (unpaired) electrons. The van der Waals surface area contributed by atoms with Crippen molar-refractivity contribution in [3.8, 4) is 5.75 Å². The number of anilines is 1. The average molecular weight is 481 g/mol. The van der Waals surface area contributed by atoms with Gasteiger partial charge in [0, 0.05) is 23.6 Å².